The van der Waals surface area contributed by atoms with Gasteiger partial charge in [0.05, 0.1) is 6.20 Å². The van der Waals surface area contributed by atoms with E-state index >= 15 is 0 Å². The van der Waals surface area contributed by atoms with E-state index in [1.165, 1.54) is 16.6 Å². The molecule has 4 saturated heterocycles. The summed E-state index contributed by atoms with van der Waals surface area (Å²) in [6.07, 6.45) is 11.8. The molecule has 1 atom stereocenters. The number of rotatable bonds is 9. The Kier molecular flexibility index (Phi) is 10.3. The molecule has 13 nitrogen and oxygen atoms in total. The number of nitrogens with two attached hydrogens (primary N) is 1. The van der Waals surface area contributed by atoms with Gasteiger partial charge in [-0.2, -0.15) is 0 Å². The number of pyridine rings is 1. The molecule has 0 bridgehead atoms. The number of hydrogen-bond donors (Lipinski definition) is 3. The van der Waals surface area contributed by atoms with Crippen LogP contribution in [0.1, 0.15) is 85.8 Å². The third-order valence-corrected chi connectivity index (χ3v) is 11.9. The summed E-state index contributed by atoms with van der Waals surface area (Å²) < 4.78 is 1.48. The SMILES string of the molecule is NC(=O)c1ncc(N2CCCCC2)nc1Nc1ccc(C2CCN(CC3CCN(c4ccc5ccn(C6CCC(=O)NC6=O)c(=O)c5c4)CC3)CC2)cc1. The van der Waals surface area contributed by atoms with Crippen LogP contribution in [0.5, 0.6) is 0 Å². The van der Waals surface area contributed by atoms with Crippen molar-refractivity contribution in [2.45, 2.75) is 69.7 Å². The van der Waals surface area contributed by atoms with E-state index in [-0.39, 0.29) is 23.6 Å². The Morgan fingerprint density at radius 2 is 1.61 bits per heavy atom. The molecular formula is C41H49N9O4. The van der Waals surface area contributed by atoms with Crippen molar-refractivity contribution in [3.05, 3.63) is 82.5 Å². The summed E-state index contributed by atoms with van der Waals surface area (Å²) in [6.45, 7) is 7.02. The Balaban J connectivity index is 0.829. The molecule has 13 heteroatoms. The second kappa shape index (κ2) is 15.6. The summed E-state index contributed by atoms with van der Waals surface area (Å²) in [7, 11) is 0. The third kappa shape index (κ3) is 7.68. The van der Waals surface area contributed by atoms with E-state index in [9.17, 15) is 19.2 Å². The summed E-state index contributed by atoms with van der Waals surface area (Å²) in [5.74, 6) is 0.995. The molecule has 8 rings (SSSR count). The van der Waals surface area contributed by atoms with Crippen LogP contribution in [0.3, 0.4) is 0 Å². The normalized spacial score (nSPS) is 20.6. The number of hydrogen-bond acceptors (Lipinski definition) is 10. The maximum absolute atomic E-state index is 13.5. The zero-order valence-corrected chi connectivity index (χ0v) is 30.7. The molecule has 0 saturated carbocycles. The largest absolute Gasteiger partial charge is 0.371 e. The van der Waals surface area contributed by atoms with E-state index < -0.39 is 17.9 Å². The van der Waals surface area contributed by atoms with Gasteiger partial charge >= 0.3 is 0 Å². The van der Waals surface area contributed by atoms with Gasteiger partial charge in [-0.1, -0.05) is 18.2 Å². The van der Waals surface area contributed by atoms with Crippen molar-refractivity contribution in [3.63, 3.8) is 0 Å². The number of imide groups is 1. The summed E-state index contributed by atoms with van der Waals surface area (Å²) in [5, 5.41) is 7.12. The number of amides is 3. The molecule has 2 aromatic carbocycles. The number of likely N-dealkylation sites (tertiary alicyclic amines) is 1. The number of anilines is 4. The van der Waals surface area contributed by atoms with Gasteiger partial charge in [0.25, 0.3) is 11.5 Å². The molecule has 4 N–H and O–H groups in total. The van der Waals surface area contributed by atoms with Crippen molar-refractivity contribution in [1.29, 1.82) is 0 Å². The highest BCUT2D eigenvalue weighted by atomic mass is 16.2. The van der Waals surface area contributed by atoms with Gasteiger partial charge in [0.1, 0.15) is 11.9 Å². The topological polar surface area (TPSA) is 159 Å². The predicted molar refractivity (Wildman–Crippen MR) is 209 cm³/mol. The van der Waals surface area contributed by atoms with Crippen molar-refractivity contribution in [1.82, 2.24) is 24.8 Å². The minimum atomic E-state index is -0.667. The maximum atomic E-state index is 13.5. The first kappa shape index (κ1) is 35.7. The Morgan fingerprint density at radius 1 is 0.852 bits per heavy atom. The van der Waals surface area contributed by atoms with Crippen LogP contribution in [0.2, 0.25) is 0 Å². The lowest BCUT2D eigenvalue weighted by Gasteiger charge is -2.38. The monoisotopic (exact) mass is 731 g/mol. The van der Waals surface area contributed by atoms with Gasteiger partial charge in [-0.15, -0.1) is 0 Å². The van der Waals surface area contributed by atoms with Gasteiger partial charge < -0.3 is 30.3 Å². The van der Waals surface area contributed by atoms with Crippen LogP contribution in [0.25, 0.3) is 10.8 Å². The number of nitrogens with one attached hydrogen (secondary N) is 2. The smallest absolute Gasteiger partial charge is 0.271 e. The van der Waals surface area contributed by atoms with E-state index in [0.29, 0.717) is 29.5 Å². The summed E-state index contributed by atoms with van der Waals surface area (Å²) in [5.41, 5.74) is 8.80. The summed E-state index contributed by atoms with van der Waals surface area (Å²) in [4.78, 5) is 66.1. The number of nitrogens with zero attached hydrogens (tertiary/aromatic N) is 6. The Labute approximate surface area is 314 Å². The lowest BCUT2D eigenvalue weighted by Crippen LogP contribution is -2.44. The second-order valence-electron chi connectivity index (χ2n) is 15.4. The van der Waals surface area contributed by atoms with E-state index in [0.717, 1.165) is 107 Å². The number of fused-ring (bicyclic) bond motifs is 1. The van der Waals surface area contributed by atoms with E-state index in [1.54, 1.807) is 12.4 Å². The van der Waals surface area contributed by atoms with Crippen LogP contribution in [0.4, 0.5) is 23.0 Å². The van der Waals surface area contributed by atoms with Gasteiger partial charge in [-0.25, -0.2) is 9.97 Å². The molecule has 3 amide bonds. The van der Waals surface area contributed by atoms with Crippen molar-refractivity contribution in [3.8, 4) is 0 Å². The molecule has 6 heterocycles. The lowest BCUT2D eigenvalue weighted by molar-refractivity contribution is -0.135. The molecule has 54 heavy (non-hydrogen) atoms. The number of carbonyl (C=O) groups is 3. The lowest BCUT2D eigenvalue weighted by atomic mass is 9.88. The second-order valence-corrected chi connectivity index (χ2v) is 15.4. The molecule has 4 fully saturated rings. The minimum absolute atomic E-state index is 0.144. The first-order chi connectivity index (χ1) is 26.3. The molecule has 0 aliphatic carbocycles. The Bertz CT molecular complexity index is 2080. The zero-order chi connectivity index (χ0) is 37.2. The summed E-state index contributed by atoms with van der Waals surface area (Å²) >= 11 is 0. The predicted octanol–water partition coefficient (Wildman–Crippen LogP) is 4.70. The standard InChI is InChI=1S/C41H49N9O4/c42-38(52)37-39(45-35(25-43-37)49-17-2-1-3-18-49)44-31-7-4-28(5-8-31)29-14-19-47(20-15-29)26-27-12-21-48(22-13-27)32-9-6-30-16-23-50(41(54)33(30)24-32)34-10-11-36(51)46-40(34)53/h4-9,16,23-25,27,29,34H,1-3,10-15,17-22,26H2,(H2,42,52)(H,44,45)(H,46,51,53). The molecule has 4 aromatic rings. The van der Waals surface area contributed by atoms with Crippen molar-refractivity contribution in [2.24, 2.45) is 11.7 Å². The van der Waals surface area contributed by atoms with Crippen molar-refractivity contribution in [2.75, 3.05) is 60.9 Å². The highest BCUT2D eigenvalue weighted by Crippen LogP contribution is 2.32. The Morgan fingerprint density at radius 3 is 2.33 bits per heavy atom. The van der Waals surface area contributed by atoms with Crippen LogP contribution >= 0.6 is 0 Å². The first-order valence-electron chi connectivity index (χ1n) is 19.5. The van der Waals surface area contributed by atoms with Gasteiger partial charge in [-0.3, -0.25) is 24.5 Å². The van der Waals surface area contributed by atoms with Gasteiger partial charge in [0.2, 0.25) is 11.8 Å². The van der Waals surface area contributed by atoms with Crippen LogP contribution in [0.15, 0.2) is 65.7 Å². The van der Waals surface area contributed by atoms with Gasteiger partial charge in [0, 0.05) is 62.1 Å². The Hall–Kier alpha value is -5.30. The molecule has 282 valence electrons. The number of carbonyl (C=O) groups excluding carboxylic acids is 3. The van der Waals surface area contributed by atoms with E-state index in [2.05, 4.69) is 60.6 Å². The fourth-order valence-electron chi connectivity index (χ4n) is 8.72. The van der Waals surface area contributed by atoms with E-state index in [1.807, 2.05) is 18.2 Å². The van der Waals surface area contributed by atoms with Crippen molar-refractivity contribution < 1.29 is 14.4 Å². The maximum Gasteiger partial charge on any atom is 0.271 e. The quantitative estimate of drug-likeness (QED) is 0.206. The minimum Gasteiger partial charge on any atom is -0.371 e. The molecule has 4 aliphatic heterocycles. The van der Waals surface area contributed by atoms with Gasteiger partial charge in [0.15, 0.2) is 11.5 Å². The molecule has 2 aromatic heterocycles. The first-order valence-corrected chi connectivity index (χ1v) is 19.5. The van der Waals surface area contributed by atoms with Crippen LogP contribution in [-0.2, 0) is 9.59 Å². The van der Waals surface area contributed by atoms with Crippen LogP contribution in [0, 0.1) is 5.92 Å². The fraction of sp³-hybridized carbons (Fsp3) is 0.463. The van der Waals surface area contributed by atoms with Gasteiger partial charge in [-0.05, 0) is 118 Å². The number of benzene rings is 2. The highest BCUT2D eigenvalue weighted by molar-refractivity contribution is 5.99. The van der Waals surface area contributed by atoms with Crippen LogP contribution in [-0.4, -0.2) is 83.0 Å². The molecule has 1 unspecified atom stereocenters. The molecular weight excluding hydrogens is 683 g/mol. The number of primary amides is 1. The number of aromatic nitrogens is 3. The van der Waals surface area contributed by atoms with Crippen molar-refractivity contribution >= 4 is 51.5 Å². The zero-order valence-electron chi connectivity index (χ0n) is 30.7. The molecule has 4 aliphatic rings. The fourth-order valence-corrected chi connectivity index (χ4v) is 8.72. The molecule has 0 radical (unpaired) electrons. The van der Waals surface area contributed by atoms with Crippen LogP contribution < -0.4 is 31.7 Å². The molecule has 0 spiro atoms. The summed E-state index contributed by atoms with van der Waals surface area (Å²) in [6, 6.07) is 15.7. The number of piperidine rings is 4. The average molecular weight is 732 g/mol. The third-order valence-electron chi connectivity index (χ3n) is 11.9. The van der Waals surface area contributed by atoms with E-state index in [4.69, 9.17) is 10.7 Å². The highest BCUT2D eigenvalue weighted by Gasteiger charge is 2.30. The average Bonchev–Trinajstić information content (AvgIpc) is 3.19.